The van der Waals surface area contributed by atoms with Gasteiger partial charge in [-0.25, -0.2) is 4.79 Å². The molecule has 24 heavy (non-hydrogen) atoms. The number of esters is 1. The number of ether oxygens (including phenoxy) is 3. The quantitative estimate of drug-likeness (QED) is 0.378. The molecule has 3 rings (SSSR count). The monoisotopic (exact) mass is 367 g/mol. The second-order valence-corrected chi connectivity index (χ2v) is 5.90. The Hall–Kier alpha value is -2.52. The number of nitrogens with one attached hydrogen (secondary N) is 1. The van der Waals surface area contributed by atoms with Crippen LogP contribution in [0.1, 0.15) is 5.56 Å². The largest absolute Gasteiger partial charge is 0.466 e. The van der Waals surface area contributed by atoms with E-state index in [4.69, 9.17) is 21.1 Å². The Morgan fingerprint density at radius 3 is 2.92 bits per heavy atom. The summed E-state index contributed by atoms with van der Waals surface area (Å²) in [6.45, 7) is 0.145. The highest BCUT2D eigenvalue weighted by atomic mass is 35.5. The number of carbonyl (C=O) groups is 2. The van der Waals surface area contributed by atoms with Crippen LogP contribution in [0, 0.1) is 0 Å². The van der Waals surface area contributed by atoms with Crippen molar-refractivity contribution in [2.24, 2.45) is 10.2 Å². The van der Waals surface area contributed by atoms with Crippen LogP contribution in [0.5, 0.6) is 11.5 Å². The molecule has 0 saturated carbocycles. The van der Waals surface area contributed by atoms with Crippen LogP contribution in [-0.2, 0) is 14.3 Å². The number of amidine groups is 1. The number of nitrogens with zero attached hydrogens (tertiary/aromatic N) is 2. The van der Waals surface area contributed by atoms with Gasteiger partial charge in [0.05, 0.1) is 23.3 Å². The van der Waals surface area contributed by atoms with E-state index in [1.54, 1.807) is 12.1 Å². The van der Waals surface area contributed by atoms with E-state index in [0.717, 1.165) is 17.8 Å². The van der Waals surface area contributed by atoms with E-state index in [0.29, 0.717) is 22.1 Å². The van der Waals surface area contributed by atoms with Gasteiger partial charge in [-0.1, -0.05) is 11.6 Å². The third-order valence-corrected chi connectivity index (χ3v) is 4.17. The Bertz CT molecular complexity index is 806. The summed E-state index contributed by atoms with van der Waals surface area (Å²) in [5, 5.41) is 10.9. The van der Waals surface area contributed by atoms with E-state index in [9.17, 15) is 9.59 Å². The highest BCUT2D eigenvalue weighted by molar-refractivity contribution is 8.18. The first-order valence-electron chi connectivity index (χ1n) is 6.56. The zero-order valence-electron chi connectivity index (χ0n) is 12.2. The minimum absolute atomic E-state index is 0.145. The molecular formula is C14H10ClN3O5S. The first-order valence-corrected chi connectivity index (χ1v) is 7.75. The predicted octanol–water partition coefficient (Wildman–Crippen LogP) is 1.68. The maximum absolute atomic E-state index is 11.7. The summed E-state index contributed by atoms with van der Waals surface area (Å²) in [5.74, 6) is 0.0741. The van der Waals surface area contributed by atoms with Gasteiger partial charge in [0, 0.05) is 17.7 Å². The molecule has 1 N–H and O–H groups in total. The van der Waals surface area contributed by atoms with E-state index in [1.165, 1.54) is 13.3 Å². The first kappa shape index (κ1) is 16.3. The maximum Gasteiger partial charge on any atom is 0.331 e. The summed E-state index contributed by atoms with van der Waals surface area (Å²) in [5.41, 5.74) is 0.588. The number of benzene rings is 1. The lowest BCUT2D eigenvalue weighted by atomic mass is 10.2. The van der Waals surface area contributed by atoms with Gasteiger partial charge in [-0.3, -0.25) is 10.1 Å². The second kappa shape index (κ2) is 6.93. The van der Waals surface area contributed by atoms with Crippen LogP contribution in [0.4, 0.5) is 0 Å². The molecule has 1 aromatic carbocycles. The Labute approximate surface area is 145 Å². The van der Waals surface area contributed by atoms with Gasteiger partial charge in [0.1, 0.15) is 0 Å². The second-order valence-electron chi connectivity index (χ2n) is 4.46. The summed E-state index contributed by atoms with van der Waals surface area (Å²) in [4.78, 5) is 23.0. The van der Waals surface area contributed by atoms with Crippen molar-refractivity contribution < 1.29 is 23.8 Å². The molecule has 1 saturated heterocycles. The number of fused-ring (bicyclic) bond motifs is 1. The molecule has 0 atom stereocenters. The maximum atomic E-state index is 11.7. The van der Waals surface area contributed by atoms with Crippen molar-refractivity contribution >= 4 is 46.6 Å². The minimum atomic E-state index is -0.621. The number of amides is 1. The average Bonchev–Trinajstić information content (AvgIpc) is 3.14. The first-order chi connectivity index (χ1) is 11.6. The topological polar surface area (TPSA) is 98.6 Å². The fourth-order valence-electron chi connectivity index (χ4n) is 1.82. The molecule has 124 valence electrons. The SMILES string of the molecule is COC(=O)/C=C1/S/C(=N\N=Cc2cc3c(cc2Cl)OCO3)NC1=O. The Morgan fingerprint density at radius 1 is 1.42 bits per heavy atom. The summed E-state index contributed by atoms with van der Waals surface area (Å²) in [6, 6.07) is 3.30. The van der Waals surface area contributed by atoms with Crippen LogP contribution in [0.3, 0.4) is 0 Å². The third-order valence-electron chi connectivity index (χ3n) is 2.94. The molecule has 10 heteroatoms. The van der Waals surface area contributed by atoms with Crippen LogP contribution in [0.15, 0.2) is 33.3 Å². The normalized spacial score (nSPS) is 19.3. The number of hydrogen-bond donors (Lipinski definition) is 1. The number of halogens is 1. The van der Waals surface area contributed by atoms with Crippen molar-refractivity contribution in [3.8, 4) is 11.5 Å². The molecule has 8 nitrogen and oxygen atoms in total. The Kier molecular flexibility index (Phi) is 4.72. The molecule has 2 aliphatic rings. The van der Waals surface area contributed by atoms with Crippen molar-refractivity contribution in [1.82, 2.24) is 5.32 Å². The summed E-state index contributed by atoms with van der Waals surface area (Å²) < 4.78 is 14.9. The van der Waals surface area contributed by atoms with Crippen molar-refractivity contribution in [3.63, 3.8) is 0 Å². The molecule has 1 aromatic rings. The fourth-order valence-corrected chi connectivity index (χ4v) is 2.76. The lowest BCUT2D eigenvalue weighted by Crippen LogP contribution is -2.19. The van der Waals surface area contributed by atoms with Gasteiger partial charge < -0.3 is 14.2 Å². The molecule has 0 radical (unpaired) electrons. The van der Waals surface area contributed by atoms with Crippen LogP contribution >= 0.6 is 23.4 Å². The molecule has 0 bridgehead atoms. The fraction of sp³-hybridized carbons (Fsp3) is 0.143. The summed E-state index contributed by atoms with van der Waals surface area (Å²) in [7, 11) is 1.23. The van der Waals surface area contributed by atoms with Gasteiger partial charge in [-0.15, -0.1) is 5.10 Å². The standard InChI is InChI=1S/C14H10ClN3O5S/c1-21-12(19)4-11-13(20)17-14(24-11)18-16-5-7-2-9-10(3-8(7)15)23-6-22-9/h2-5H,6H2,1H3,(H,17,18,20)/b11-4+,16-5?. The van der Waals surface area contributed by atoms with Gasteiger partial charge in [0.2, 0.25) is 6.79 Å². The van der Waals surface area contributed by atoms with E-state index in [1.807, 2.05) is 0 Å². The minimum Gasteiger partial charge on any atom is -0.466 e. The van der Waals surface area contributed by atoms with E-state index in [2.05, 4.69) is 20.3 Å². The van der Waals surface area contributed by atoms with Gasteiger partial charge in [0.15, 0.2) is 16.7 Å². The smallest absolute Gasteiger partial charge is 0.331 e. The zero-order chi connectivity index (χ0) is 17.1. The molecule has 2 aliphatic heterocycles. The number of methoxy groups -OCH3 is 1. The van der Waals surface area contributed by atoms with E-state index < -0.39 is 11.9 Å². The number of hydrogen-bond acceptors (Lipinski definition) is 8. The van der Waals surface area contributed by atoms with Crippen LogP contribution < -0.4 is 14.8 Å². The molecule has 1 fully saturated rings. The van der Waals surface area contributed by atoms with Crippen molar-refractivity contribution in [3.05, 3.63) is 33.7 Å². The van der Waals surface area contributed by atoms with E-state index >= 15 is 0 Å². The van der Waals surface area contributed by atoms with Crippen LogP contribution in [0.25, 0.3) is 0 Å². The van der Waals surface area contributed by atoms with Crippen molar-refractivity contribution in [1.29, 1.82) is 0 Å². The predicted molar refractivity (Wildman–Crippen MR) is 88.4 cm³/mol. The van der Waals surface area contributed by atoms with Crippen LogP contribution in [-0.4, -0.2) is 37.2 Å². The van der Waals surface area contributed by atoms with Gasteiger partial charge >= 0.3 is 5.97 Å². The number of thioether (sulfide) groups is 1. The molecule has 0 unspecified atom stereocenters. The molecule has 0 aromatic heterocycles. The summed E-state index contributed by atoms with van der Waals surface area (Å²) >= 11 is 7.09. The summed E-state index contributed by atoms with van der Waals surface area (Å²) in [6.07, 6.45) is 2.51. The molecule has 0 spiro atoms. The van der Waals surface area contributed by atoms with E-state index in [-0.39, 0.29) is 16.9 Å². The van der Waals surface area contributed by atoms with Gasteiger partial charge in [-0.05, 0) is 17.8 Å². The molecule has 2 heterocycles. The Morgan fingerprint density at radius 2 is 2.17 bits per heavy atom. The van der Waals surface area contributed by atoms with Gasteiger partial charge in [-0.2, -0.15) is 5.10 Å². The average molecular weight is 368 g/mol. The highest BCUT2D eigenvalue weighted by Crippen LogP contribution is 2.36. The van der Waals surface area contributed by atoms with Crippen molar-refractivity contribution in [2.75, 3.05) is 13.9 Å². The highest BCUT2D eigenvalue weighted by Gasteiger charge is 2.25. The number of carbonyl (C=O) groups excluding carboxylic acids is 2. The molecule has 0 aliphatic carbocycles. The third kappa shape index (κ3) is 3.52. The Balaban J connectivity index is 1.73. The van der Waals surface area contributed by atoms with Crippen LogP contribution in [0.2, 0.25) is 5.02 Å². The number of rotatable bonds is 3. The van der Waals surface area contributed by atoms with Crippen molar-refractivity contribution in [2.45, 2.75) is 0 Å². The molecule has 1 amide bonds. The lowest BCUT2D eigenvalue weighted by molar-refractivity contribution is -0.135. The lowest BCUT2D eigenvalue weighted by Gasteiger charge is -2.00. The zero-order valence-corrected chi connectivity index (χ0v) is 13.8. The molecular weight excluding hydrogens is 358 g/mol. The van der Waals surface area contributed by atoms with Gasteiger partial charge in [0.25, 0.3) is 5.91 Å².